The normalized spacial score (nSPS) is 22.5. The quantitative estimate of drug-likeness (QED) is 0.511. The fourth-order valence-corrected chi connectivity index (χ4v) is 3.05. The zero-order chi connectivity index (χ0) is 16.9. The molecule has 1 rings (SSSR count). The van der Waals surface area contributed by atoms with Crippen LogP contribution in [0.1, 0.15) is 47.5 Å². The van der Waals surface area contributed by atoms with Crippen molar-refractivity contribution in [2.24, 2.45) is 11.3 Å². The highest BCUT2D eigenvalue weighted by Crippen LogP contribution is 2.31. The molecule has 0 amide bonds. The van der Waals surface area contributed by atoms with Crippen LogP contribution < -0.4 is 10.6 Å². The molecule has 130 valence electrons. The number of hydrogen-bond acceptors (Lipinski definition) is 5. The van der Waals surface area contributed by atoms with Crippen molar-refractivity contribution in [2.75, 3.05) is 19.6 Å². The largest absolute Gasteiger partial charge is 0.392 e. The van der Waals surface area contributed by atoms with Crippen LogP contribution in [0.2, 0.25) is 0 Å². The Bertz CT molecular complexity index is 356. The summed E-state index contributed by atoms with van der Waals surface area (Å²) in [5.41, 5.74) is 1.35. The molecule has 0 aliphatic carbocycles. The fourth-order valence-electron chi connectivity index (χ4n) is 3.05. The average Bonchev–Trinajstić information content (AvgIpc) is 2.40. The summed E-state index contributed by atoms with van der Waals surface area (Å²) in [6.45, 7) is 17.2. The van der Waals surface area contributed by atoms with Crippen molar-refractivity contribution in [3.8, 4) is 0 Å². The van der Waals surface area contributed by atoms with Crippen LogP contribution in [0.25, 0.3) is 0 Å². The molecule has 0 bridgehead atoms. The lowest BCUT2D eigenvalue weighted by Crippen LogP contribution is -2.54. The SMILES string of the molecule is C=C([C@H](N[C@@H](O)NC[C@H](C)O)C(C)C)N1CCCC(C)(C)C1. The maximum atomic E-state index is 10.1. The number of nitrogens with zero attached hydrogens (tertiary/aromatic N) is 1. The summed E-state index contributed by atoms with van der Waals surface area (Å²) in [6.07, 6.45) is 1.09. The third-order valence-electron chi connectivity index (χ3n) is 4.28. The van der Waals surface area contributed by atoms with Gasteiger partial charge in [0.05, 0.1) is 12.1 Å². The van der Waals surface area contributed by atoms with Gasteiger partial charge in [-0.1, -0.05) is 34.3 Å². The highest BCUT2D eigenvalue weighted by Gasteiger charge is 2.30. The van der Waals surface area contributed by atoms with Gasteiger partial charge in [0.25, 0.3) is 0 Å². The number of aliphatic hydroxyl groups is 2. The lowest BCUT2D eigenvalue weighted by atomic mass is 9.83. The average molecular weight is 313 g/mol. The molecule has 1 fully saturated rings. The van der Waals surface area contributed by atoms with Crippen molar-refractivity contribution >= 4 is 0 Å². The van der Waals surface area contributed by atoms with E-state index in [9.17, 15) is 10.2 Å². The van der Waals surface area contributed by atoms with Crippen molar-refractivity contribution in [3.63, 3.8) is 0 Å². The third kappa shape index (κ3) is 6.24. The summed E-state index contributed by atoms with van der Waals surface area (Å²) in [6, 6.07) is 0.00500. The van der Waals surface area contributed by atoms with Crippen LogP contribution in [0, 0.1) is 11.3 Å². The van der Waals surface area contributed by atoms with Gasteiger partial charge in [-0.2, -0.15) is 0 Å². The van der Waals surface area contributed by atoms with Gasteiger partial charge in [0, 0.05) is 25.3 Å². The summed E-state index contributed by atoms with van der Waals surface area (Å²) in [5.74, 6) is 0.320. The Morgan fingerprint density at radius 1 is 1.27 bits per heavy atom. The minimum absolute atomic E-state index is 0.00500. The predicted molar refractivity (Wildman–Crippen MR) is 91.2 cm³/mol. The highest BCUT2D eigenvalue weighted by molar-refractivity contribution is 5.08. The van der Waals surface area contributed by atoms with Crippen molar-refractivity contribution in [3.05, 3.63) is 12.3 Å². The molecule has 5 heteroatoms. The minimum atomic E-state index is -0.850. The Labute approximate surface area is 135 Å². The van der Waals surface area contributed by atoms with Gasteiger partial charge in [0.1, 0.15) is 0 Å². The van der Waals surface area contributed by atoms with Gasteiger partial charge in [-0.25, -0.2) is 0 Å². The van der Waals surface area contributed by atoms with Gasteiger partial charge in [0.2, 0.25) is 0 Å². The van der Waals surface area contributed by atoms with E-state index in [-0.39, 0.29) is 6.04 Å². The zero-order valence-electron chi connectivity index (χ0n) is 14.9. The van der Waals surface area contributed by atoms with Gasteiger partial charge in [-0.05, 0) is 31.1 Å². The molecule has 0 saturated carbocycles. The van der Waals surface area contributed by atoms with E-state index in [1.807, 2.05) is 0 Å². The van der Waals surface area contributed by atoms with Crippen LogP contribution in [0.15, 0.2) is 12.3 Å². The van der Waals surface area contributed by atoms with E-state index >= 15 is 0 Å². The Balaban J connectivity index is 2.63. The molecular formula is C17H35N3O2. The van der Waals surface area contributed by atoms with Crippen molar-refractivity contribution < 1.29 is 10.2 Å². The standard InChI is InChI=1S/C17H35N3O2/c1-12(2)15(19-16(22)18-10-13(3)21)14(4)20-9-7-8-17(5,6)11-20/h12-13,15-16,18-19,21-22H,4,7-11H2,1-3,5-6H3/t13-,15+,16-/m0/s1. The molecule has 1 heterocycles. The maximum Gasteiger partial charge on any atom is 0.161 e. The Morgan fingerprint density at radius 3 is 2.41 bits per heavy atom. The molecule has 1 saturated heterocycles. The molecule has 22 heavy (non-hydrogen) atoms. The Morgan fingerprint density at radius 2 is 1.91 bits per heavy atom. The molecule has 0 radical (unpaired) electrons. The molecule has 4 N–H and O–H groups in total. The van der Waals surface area contributed by atoms with E-state index in [0.29, 0.717) is 17.9 Å². The number of piperidine rings is 1. The van der Waals surface area contributed by atoms with Gasteiger partial charge in [-0.3, -0.25) is 10.6 Å². The van der Waals surface area contributed by atoms with Crippen molar-refractivity contribution in [2.45, 2.75) is 66.0 Å². The first kappa shape index (κ1) is 19.4. The lowest BCUT2D eigenvalue weighted by Gasteiger charge is -2.43. The summed E-state index contributed by atoms with van der Waals surface area (Å²) in [5, 5.41) is 25.4. The molecule has 3 atom stereocenters. The smallest absolute Gasteiger partial charge is 0.161 e. The first-order valence-electron chi connectivity index (χ1n) is 8.42. The predicted octanol–water partition coefficient (Wildman–Crippen LogP) is 1.48. The summed E-state index contributed by atoms with van der Waals surface area (Å²) < 4.78 is 0. The summed E-state index contributed by atoms with van der Waals surface area (Å²) in [7, 11) is 0. The van der Waals surface area contributed by atoms with E-state index in [0.717, 1.165) is 18.8 Å². The Kier molecular flexibility index (Phi) is 7.32. The molecule has 0 aromatic rings. The van der Waals surface area contributed by atoms with E-state index in [4.69, 9.17) is 0 Å². The van der Waals surface area contributed by atoms with Gasteiger partial charge < -0.3 is 15.1 Å². The fraction of sp³-hybridized carbons (Fsp3) is 0.882. The van der Waals surface area contributed by atoms with E-state index in [1.165, 1.54) is 12.8 Å². The van der Waals surface area contributed by atoms with Crippen LogP contribution in [0.5, 0.6) is 0 Å². The first-order valence-corrected chi connectivity index (χ1v) is 8.42. The van der Waals surface area contributed by atoms with E-state index in [1.54, 1.807) is 6.92 Å². The van der Waals surface area contributed by atoms with Crippen molar-refractivity contribution in [1.29, 1.82) is 0 Å². The molecule has 0 spiro atoms. The lowest BCUT2D eigenvalue weighted by molar-refractivity contribution is 0.0599. The number of rotatable bonds is 8. The first-order chi connectivity index (χ1) is 10.1. The summed E-state index contributed by atoms with van der Waals surface area (Å²) in [4.78, 5) is 2.35. The Hall–Kier alpha value is -0.620. The van der Waals surface area contributed by atoms with Crippen molar-refractivity contribution in [1.82, 2.24) is 15.5 Å². The minimum Gasteiger partial charge on any atom is -0.392 e. The van der Waals surface area contributed by atoms with Crippen LogP contribution in [0.4, 0.5) is 0 Å². The monoisotopic (exact) mass is 313 g/mol. The van der Waals surface area contributed by atoms with Crippen LogP contribution in [-0.4, -0.2) is 53.2 Å². The second kappa shape index (κ2) is 8.29. The molecular weight excluding hydrogens is 278 g/mol. The number of hydrogen-bond donors (Lipinski definition) is 4. The highest BCUT2D eigenvalue weighted by atomic mass is 16.3. The second-order valence-electron chi connectivity index (χ2n) is 7.73. The molecule has 1 aliphatic rings. The third-order valence-corrected chi connectivity index (χ3v) is 4.28. The second-order valence-corrected chi connectivity index (χ2v) is 7.73. The molecule has 0 unspecified atom stereocenters. The van der Waals surface area contributed by atoms with Crippen LogP contribution in [-0.2, 0) is 0 Å². The number of aliphatic hydroxyl groups excluding tert-OH is 2. The summed E-state index contributed by atoms with van der Waals surface area (Å²) >= 11 is 0. The molecule has 0 aromatic carbocycles. The van der Waals surface area contributed by atoms with Gasteiger partial charge in [-0.15, -0.1) is 0 Å². The van der Waals surface area contributed by atoms with E-state index in [2.05, 4.69) is 49.8 Å². The molecule has 5 nitrogen and oxygen atoms in total. The van der Waals surface area contributed by atoms with E-state index < -0.39 is 12.5 Å². The van der Waals surface area contributed by atoms with Gasteiger partial charge >= 0.3 is 0 Å². The topological polar surface area (TPSA) is 67.8 Å². The van der Waals surface area contributed by atoms with Crippen LogP contribution in [0.3, 0.4) is 0 Å². The molecule has 0 aromatic heterocycles. The van der Waals surface area contributed by atoms with Gasteiger partial charge in [0.15, 0.2) is 6.35 Å². The number of likely N-dealkylation sites (tertiary alicyclic amines) is 1. The number of nitrogens with one attached hydrogen (secondary N) is 2. The molecule has 1 aliphatic heterocycles. The van der Waals surface area contributed by atoms with Crippen LogP contribution >= 0.6 is 0 Å². The maximum absolute atomic E-state index is 10.1. The zero-order valence-corrected chi connectivity index (χ0v) is 14.9.